The van der Waals surface area contributed by atoms with Crippen molar-refractivity contribution in [2.45, 2.75) is 24.9 Å². The van der Waals surface area contributed by atoms with Crippen LogP contribution in [0.2, 0.25) is 5.02 Å². The van der Waals surface area contributed by atoms with Gasteiger partial charge < -0.3 is 15.7 Å². The number of halogens is 2. The predicted molar refractivity (Wildman–Crippen MR) is 75.6 cm³/mol. The van der Waals surface area contributed by atoms with E-state index in [0.717, 1.165) is 12.5 Å². The number of carbonyl (C=O) groups is 2. The average molecular weight is 315 g/mol. The van der Waals surface area contributed by atoms with Crippen molar-refractivity contribution in [1.29, 1.82) is 0 Å². The van der Waals surface area contributed by atoms with E-state index in [9.17, 15) is 19.1 Å². The number of hydrogen-bond donors (Lipinski definition) is 3. The molecule has 1 aromatic carbocycles. The van der Waals surface area contributed by atoms with E-state index in [1.54, 1.807) is 0 Å². The van der Waals surface area contributed by atoms with Crippen LogP contribution in [0.15, 0.2) is 18.2 Å². The average Bonchev–Trinajstić information content (AvgIpc) is 2.40. The fourth-order valence-corrected chi connectivity index (χ4v) is 2.30. The Labute approximate surface area is 126 Å². The van der Waals surface area contributed by atoms with Gasteiger partial charge in [-0.3, -0.25) is 9.59 Å². The van der Waals surface area contributed by atoms with Crippen molar-refractivity contribution in [2.75, 3.05) is 13.1 Å². The lowest BCUT2D eigenvalue weighted by Crippen LogP contribution is -2.49. The number of amides is 2. The summed E-state index contributed by atoms with van der Waals surface area (Å²) in [5.41, 5.74) is -1.11. The molecule has 3 N–H and O–H groups in total. The van der Waals surface area contributed by atoms with Gasteiger partial charge in [-0.05, 0) is 31.4 Å². The number of nitrogens with one attached hydrogen (secondary N) is 2. The predicted octanol–water partition coefficient (Wildman–Crippen LogP) is 1.24. The molecule has 2 rings (SSSR count). The van der Waals surface area contributed by atoms with Crippen LogP contribution in [0.4, 0.5) is 4.39 Å². The largest absolute Gasteiger partial charge is 0.388 e. The van der Waals surface area contributed by atoms with Gasteiger partial charge in [-0.15, -0.1) is 0 Å². The monoisotopic (exact) mass is 314 g/mol. The van der Waals surface area contributed by atoms with Crippen molar-refractivity contribution in [1.82, 2.24) is 10.6 Å². The second-order valence-corrected chi connectivity index (χ2v) is 5.54. The number of aliphatic hydroxyl groups is 1. The normalized spacial score (nSPS) is 16.0. The van der Waals surface area contributed by atoms with Gasteiger partial charge >= 0.3 is 0 Å². The molecule has 1 aromatic rings. The zero-order chi connectivity index (χ0) is 15.5. The van der Waals surface area contributed by atoms with E-state index in [2.05, 4.69) is 10.6 Å². The quantitative estimate of drug-likeness (QED) is 0.765. The van der Waals surface area contributed by atoms with E-state index < -0.39 is 23.2 Å². The Bertz CT molecular complexity index is 541. The van der Waals surface area contributed by atoms with E-state index in [0.29, 0.717) is 12.8 Å². The van der Waals surface area contributed by atoms with Crippen LogP contribution in [0.25, 0.3) is 0 Å². The van der Waals surface area contributed by atoms with Crippen LogP contribution in [0.5, 0.6) is 0 Å². The Morgan fingerprint density at radius 1 is 1.33 bits per heavy atom. The van der Waals surface area contributed by atoms with E-state index in [4.69, 9.17) is 11.6 Å². The van der Waals surface area contributed by atoms with Crippen molar-refractivity contribution in [2.24, 2.45) is 0 Å². The zero-order valence-electron chi connectivity index (χ0n) is 11.3. The number of benzene rings is 1. The first-order valence-corrected chi connectivity index (χ1v) is 7.00. The molecule has 1 aliphatic carbocycles. The first-order chi connectivity index (χ1) is 9.91. The Hall–Kier alpha value is -1.66. The highest BCUT2D eigenvalue weighted by atomic mass is 35.5. The van der Waals surface area contributed by atoms with Gasteiger partial charge in [0.05, 0.1) is 22.7 Å². The summed E-state index contributed by atoms with van der Waals surface area (Å²) in [5, 5.41) is 14.6. The molecule has 0 bridgehead atoms. The first kappa shape index (κ1) is 15.7. The first-order valence-electron chi connectivity index (χ1n) is 6.63. The zero-order valence-corrected chi connectivity index (χ0v) is 12.0. The second-order valence-electron chi connectivity index (χ2n) is 5.13. The fourth-order valence-electron chi connectivity index (χ4n) is 2.05. The third-order valence-corrected chi connectivity index (χ3v) is 3.81. The molecular weight excluding hydrogens is 299 g/mol. The minimum absolute atomic E-state index is 0.0170. The minimum Gasteiger partial charge on any atom is -0.388 e. The van der Waals surface area contributed by atoms with Crippen LogP contribution >= 0.6 is 11.6 Å². The van der Waals surface area contributed by atoms with Crippen molar-refractivity contribution in [3.8, 4) is 0 Å². The van der Waals surface area contributed by atoms with Gasteiger partial charge in [0.25, 0.3) is 5.91 Å². The van der Waals surface area contributed by atoms with Crippen molar-refractivity contribution in [3.63, 3.8) is 0 Å². The maximum atomic E-state index is 13.5. The molecule has 114 valence electrons. The van der Waals surface area contributed by atoms with Gasteiger partial charge in [0, 0.05) is 6.54 Å². The molecule has 5 nitrogen and oxygen atoms in total. The SMILES string of the molecule is O=C(CNC(=O)c1c(F)cccc1Cl)NCC1(O)CCC1. The van der Waals surface area contributed by atoms with Gasteiger partial charge in [-0.1, -0.05) is 17.7 Å². The molecule has 0 aromatic heterocycles. The molecule has 0 atom stereocenters. The molecule has 1 saturated carbocycles. The molecule has 2 amide bonds. The molecule has 0 radical (unpaired) electrons. The summed E-state index contributed by atoms with van der Waals surface area (Å²) >= 11 is 5.75. The van der Waals surface area contributed by atoms with E-state index in [1.165, 1.54) is 12.1 Å². The summed E-state index contributed by atoms with van der Waals surface area (Å²) in [7, 11) is 0. The maximum Gasteiger partial charge on any atom is 0.256 e. The van der Waals surface area contributed by atoms with Crippen LogP contribution in [0.3, 0.4) is 0 Å². The molecule has 1 fully saturated rings. The lowest BCUT2D eigenvalue weighted by molar-refractivity contribution is -0.122. The van der Waals surface area contributed by atoms with Crippen molar-refractivity contribution >= 4 is 23.4 Å². The lowest BCUT2D eigenvalue weighted by Gasteiger charge is -2.36. The summed E-state index contributed by atoms with van der Waals surface area (Å²) in [4.78, 5) is 23.4. The summed E-state index contributed by atoms with van der Waals surface area (Å²) in [5.74, 6) is -1.95. The molecule has 0 saturated heterocycles. The molecular formula is C14H16ClFN2O3. The van der Waals surface area contributed by atoms with Crippen molar-refractivity contribution < 1.29 is 19.1 Å². The van der Waals surface area contributed by atoms with Gasteiger partial charge in [-0.2, -0.15) is 0 Å². The minimum atomic E-state index is -0.825. The Balaban J connectivity index is 1.82. The highest BCUT2D eigenvalue weighted by Gasteiger charge is 2.34. The number of rotatable bonds is 5. The summed E-state index contributed by atoms with van der Waals surface area (Å²) in [6.07, 6.45) is 2.25. The van der Waals surface area contributed by atoms with Gasteiger partial charge in [0.2, 0.25) is 5.91 Å². The van der Waals surface area contributed by atoms with Crippen molar-refractivity contribution in [3.05, 3.63) is 34.6 Å². The van der Waals surface area contributed by atoms with Gasteiger partial charge in [0.1, 0.15) is 5.82 Å². The van der Waals surface area contributed by atoms with E-state index >= 15 is 0 Å². The van der Waals surface area contributed by atoms with E-state index in [-0.39, 0.29) is 23.7 Å². The molecule has 21 heavy (non-hydrogen) atoms. The lowest BCUT2D eigenvalue weighted by atomic mass is 9.80. The molecule has 0 aliphatic heterocycles. The Kier molecular flexibility index (Phi) is 4.80. The maximum absolute atomic E-state index is 13.5. The van der Waals surface area contributed by atoms with Crippen LogP contribution in [-0.4, -0.2) is 35.6 Å². The van der Waals surface area contributed by atoms with Crippen LogP contribution in [0, 0.1) is 5.82 Å². The highest BCUT2D eigenvalue weighted by molar-refractivity contribution is 6.33. The van der Waals surface area contributed by atoms with Gasteiger partial charge in [-0.25, -0.2) is 4.39 Å². The molecule has 7 heteroatoms. The standard InChI is InChI=1S/C14H16ClFN2O3/c15-9-3-1-4-10(16)12(9)13(20)17-7-11(19)18-8-14(21)5-2-6-14/h1,3-4,21H,2,5-8H2,(H,17,20)(H,18,19). The van der Waals surface area contributed by atoms with Crippen LogP contribution < -0.4 is 10.6 Å². The number of hydrogen-bond acceptors (Lipinski definition) is 3. The van der Waals surface area contributed by atoms with Gasteiger partial charge in [0.15, 0.2) is 0 Å². The van der Waals surface area contributed by atoms with Crippen LogP contribution in [0.1, 0.15) is 29.6 Å². The topological polar surface area (TPSA) is 78.4 Å². The molecule has 1 aliphatic rings. The highest BCUT2D eigenvalue weighted by Crippen LogP contribution is 2.30. The van der Waals surface area contributed by atoms with Crippen LogP contribution in [-0.2, 0) is 4.79 Å². The summed E-state index contributed by atoms with van der Waals surface area (Å²) in [6, 6.07) is 3.90. The Morgan fingerprint density at radius 2 is 2.05 bits per heavy atom. The fraction of sp³-hybridized carbons (Fsp3) is 0.429. The smallest absolute Gasteiger partial charge is 0.256 e. The number of carbonyl (C=O) groups excluding carboxylic acids is 2. The molecule has 0 unspecified atom stereocenters. The molecule has 0 heterocycles. The Morgan fingerprint density at radius 3 is 2.62 bits per heavy atom. The second kappa shape index (κ2) is 6.41. The summed E-state index contributed by atoms with van der Waals surface area (Å²) < 4.78 is 13.5. The van der Waals surface area contributed by atoms with E-state index in [1.807, 2.05) is 0 Å². The summed E-state index contributed by atoms with van der Waals surface area (Å²) in [6.45, 7) is -0.151. The third kappa shape index (κ3) is 3.92. The molecule has 0 spiro atoms. The third-order valence-electron chi connectivity index (χ3n) is 3.50.